The zero-order valence-electron chi connectivity index (χ0n) is 17.1. The molecule has 0 saturated carbocycles. The van der Waals surface area contributed by atoms with Gasteiger partial charge in [0.15, 0.2) is 5.13 Å². The summed E-state index contributed by atoms with van der Waals surface area (Å²) in [5.74, 6) is -0.0639. The minimum absolute atomic E-state index is 0. The van der Waals surface area contributed by atoms with Crippen LogP contribution in [0.5, 0.6) is 0 Å². The Morgan fingerprint density at radius 2 is 1.53 bits per heavy atom. The minimum atomic E-state index is -0.616. The number of benzene rings is 2. The van der Waals surface area contributed by atoms with Gasteiger partial charge in [-0.1, -0.05) is 77.2 Å². The number of hydrogen-bond acceptors (Lipinski definition) is 4. The number of thiazole rings is 1. The van der Waals surface area contributed by atoms with Crippen molar-refractivity contribution in [3.8, 4) is 11.3 Å². The number of nitrogens with one attached hydrogen (secondary N) is 2. The summed E-state index contributed by atoms with van der Waals surface area (Å²) in [5, 5.41) is 8.18. The maximum absolute atomic E-state index is 12.9. The Kier molecular flexibility index (Phi) is 13.2. The average molecular weight is 474 g/mol. The Morgan fingerprint density at radius 3 is 2.12 bits per heavy atom. The van der Waals surface area contributed by atoms with Crippen LogP contribution in [0.1, 0.15) is 51.9 Å². The van der Waals surface area contributed by atoms with Crippen LogP contribution in [0, 0.1) is 5.92 Å². The fraction of sp³-hybridized carbons (Fsp3) is 0.320. The SMILES string of the molecule is C.C.CC(C)CC[C@H](NC(=O)c1ccccc1)C(=O)Nc1nc(-c2ccccc2)cs1.S. The fourth-order valence-electron chi connectivity index (χ4n) is 2.87. The molecule has 0 unspecified atom stereocenters. The lowest BCUT2D eigenvalue weighted by molar-refractivity contribution is -0.118. The third kappa shape index (κ3) is 8.48. The molecule has 174 valence electrons. The Bertz CT molecular complexity index is 944. The van der Waals surface area contributed by atoms with Crippen LogP contribution in [-0.4, -0.2) is 22.8 Å². The third-order valence-corrected chi connectivity index (χ3v) is 5.25. The van der Waals surface area contributed by atoms with Gasteiger partial charge in [-0.2, -0.15) is 13.5 Å². The van der Waals surface area contributed by atoms with E-state index in [1.165, 1.54) is 11.3 Å². The van der Waals surface area contributed by atoms with Crippen LogP contribution in [0.4, 0.5) is 5.13 Å². The van der Waals surface area contributed by atoms with Crippen molar-refractivity contribution in [1.29, 1.82) is 0 Å². The Labute approximate surface area is 203 Å². The summed E-state index contributed by atoms with van der Waals surface area (Å²) in [6.07, 6.45) is 1.40. The highest BCUT2D eigenvalue weighted by Crippen LogP contribution is 2.25. The van der Waals surface area contributed by atoms with Gasteiger partial charge >= 0.3 is 0 Å². The molecule has 3 aromatic rings. The Hall–Kier alpha value is -2.64. The van der Waals surface area contributed by atoms with E-state index in [1.54, 1.807) is 24.3 Å². The van der Waals surface area contributed by atoms with Crippen LogP contribution < -0.4 is 10.6 Å². The first-order chi connectivity index (χ1) is 14.0. The van der Waals surface area contributed by atoms with Gasteiger partial charge in [0.25, 0.3) is 5.91 Å². The van der Waals surface area contributed by atoms with E-state index in [0.717, 1.165) is 17.7 Å². The monoisotopic (exact) mass is 473 g/mol. The van der Waals surface area contributed by atoms with Crippen LogP contribution in [0.25, 0.3) is 11.3 Å². The van der Waals surface area contributed by atoms with Gasteiger partial charge < -0.3 is 10.6 Å². The maximum atomic E-state index is 12.9. The largest absolute Gasteiger partial charge is 0.340 e. The number of nitrogens with zero attached hydrogens (tertiary/aromatic N) is 1. The Balaban J connectivity index is 0.00000320. The van der Waals surface area contributed by atoms with E-state index in [-0.39, 0.29) is 40.2 Å². The van der Waals surface area contributed by atoms with Crippen LogP contribution in [0.15, 0.2) is 66.0 Å². The molecule has 7 heteroatoms. The third-order valence-electron chi connectivity index (χ3n) is 4.49. The molecule has 0 fully saturated rings. The molecule has 2 N–H and O–H groups in total. The van der Waals surface area contributed by atoms with Gasteiger partial charge in [-0.3, -0.25) is 9.59 Å². The lowest BCUT2D eigenvalue weighted by atomic mass is 10.0. The molecule has 0 saturated heterocycles. The van der Waals surface area contributed by atoms with Crippen molar-refractivity contribution in [2.45, 2.75) is 47.6 Å². The first kappa shape index (κ1) is 29.4. The van der Waals surface area contributed by atoms with Crippen molar-refractivity contribution < 1.29 is 9.59 Å². The van der Waals surface area contributed by atoms with E-state index in [4.69, 9.17) is 0 Å². The van der Waals surface area contributed by atoms with Gasteiger partial charge in [0.1, 0.15) is 6.04 Å². The topological polar surface area (TPSA) is 71.1 Å². The van der Waals surface area contributed by atoms with Crippen molar-refractivity contribution in [2.24, 2.45) is 5.92 Å². The number of anilines is 1. The molecular weight excluding hydrogens is 438 g/mol. The molecule has 0 bridgehead atoms. The summed E-state index contributed by atoms with van der Waals surface area (Å²) in [5.41, 5.74) is 2.35. The van der Waals surface area contributed by atoms with E-state index >= 15 is 0 Å². The quantitative estimate of drug-likeness (QED) is 0.399. The zero-order chi connectivity index (χ0) is 20.6. The summed E-state index contributed by atoms with van der Waals surface area (Å²) in [4.78, 5) is 29.9. The van der Waals surface area contributed by atoms with Crippen LogP contribution in [0.2, 0.25) is 0 Å². The lowest BCUT2D eigenvalue weighted by Crippen LogP contribution is -2.44. The number of amides is 2. The molecule has 0 spiro atoms. The molecule has 1 atom stereocenters. The normalized spacial score (nSPS) is 10.7. The van der Waals surface area contributed by atoms with E-state index in [1.807, 2.05) is 41.8 Å². The van der Waals surface area contributed by atoms with E-state index in [9.17, 15) is 9.59 Å². The molecule has 2 aromatic carbocycles. The summed E-state index contributed by atoms with van der Waals surface area (Å²) in [6.45, 7) is 4.20. The molecule has 0 aliphatic rings. The van der Waals surface area contributed by atoms with Crippen LogP contribution >= 0.6 is 24.8 Å². The van der Waals surface area contributed by atoms with Gasteiger partial charge in [-0.05, 0) is 30.9 Å². The number of rotatable bonds is 8. The van der Waals surface area contributed by atoms with Gasteiger partial charge in [-0.15, -0.1) is 11.3 Å². The van der Waals surface area contributed by atoms with Gasteiger partial charge in [-0.25, -0.2) is 4.98 Å². The second-order valence-electron chi connectivity index (χ2n) is 7.26. The van der Waals surface area contributed by atoms with Crippen molar-refractivity contribution in [3.63, 3.8) is 0 Å². The standard InChI is InChI=1S/C23H25N3O2S.2CH4.H2S/c1-16(2)13-14-19(24-21(27)18-11-7-4-8-12-18)22(28)26-23-25-20(15-29-23)17-9-5-3-6-10-17;;;/h3-12,15-16,19H,13-14H2,1-2H3,(H,24,27)(H,25,26,28);2*1H4;1H2/t19-;;;/m0.../s1. The van der Waals surface area contributed by atoms with Crippen LogP contribution in [-0.2, 0) is 4.79 Å². The number of carbonyl (C=O) groups excluding carboxylic acids is 2. The first-order valence-electron chi connectivity index (χ1n) is 9.70. The molecule has 1 aromatic heterocycles. The molecule has 0 aliphatic heterocycles. The van der Waals surface area contributed by atoms with Gasteiger partial charge in [0, 0.05) is 16.5 Å². The van der Waals surface area contributed by atoms with Crippen molar-refractivity contribution in [1.82, 2.24) is 10.3 Å². The van der Waals surface area contributed by atoms with Gasteiger partial charge in [0.05, 0.1) is 5.69 Å². The van der Waals surface area contributed by atoms with Crippen molar-refractivity contribution in [2.75, 3.05) is 5.32 Å². The maximum Gasteiger partial charge on any atom is 0.251 e. The van der Waals surface area contributed by atoms with E-state index < -0.39 is 6.04 Å². The predicted octanol–water partition coefficient (Wildman–Crippen LogP) is 6.37. The molecule has 0 aliphatic carbocycles. The highest BCUT2D eigenvalue weighted by Gasteiger charge is 2.22. The summed E-state index contributed by atoms with van der Waals surface area (Å²) in [6, 6.07) is 18.1. The number of hydrogen-bond donors (Lipinski definition) is 2. The molecule has 1 heterocycles. The smallest absolute Gasteiger partial charge is 0.251 e. The number of carbonyl (C=O) groups is 2. The fourth-order valence-corrected chi connectivity index (χ4v) is 3.59. The van der Waals surface area contributed by atoms with E-state index in [2.05, 4.69) is 29.5 Å². The van der Waals surface area contributed by atoms with Gasteiger partial charge in [0.2, 0.25) is 5.91 Å². The summed E-state index contributed by atoms with van der Waals surface area (Å²) < 4.78 is 0. The summed E-state index contributed by atoms with van der Waals surface area (Å²) in [7, 11) is 0. The van der Waals surface area contributed by atoms with E-state index in [0.29, 0.717) is 23.0 Å². The first-order valence-corrected chi connectivity index (χ1v) is 10.6. The molecule has 3 rings (SSSR count). The number of aromatic nitrogens is 1. The Morgan fingerprint density at radius 1 is 0.938 bits per heavy atom. The molecule has 5 nitrogen and oxygen atoms in total. The van der Waals surface area contributed by atoms with Crippen molar-refractivity contribution in [3.05, 3.63) is 71.6 Å². The second kappa shape index (κ2) is 14.4. The average Bonchev–Trinajstić information content (AvgIpc) is 3.20. The highest BCUT2D eigenvalue weighted by atomic mass is 32.1. The predicted molar refractivity (Wildman–Crippen MR) is 142 cm³/mol. The molecule has 32 heavy (non-hydrogen) atoms. The molecule has 0 radical (unpaired) electrons. The summed E-state index contributed by atoms with van der Waals surface area (Å²) >= 11 is 1.37. The zero-order valence-corrected chi connectivity index (χ0v) is 18.9. The van der Waals surface area contributed by atoms with Crippen LogP contribution in [0.3, 0.4) is 0 Å². The second-order valence-corrected chi connectivity index (χ2v) is 8.11. The minimum Gasteiger partial charge on any atom is -0.340 e. The molecular formula is C25H35N3O2S2. The van der Waals surface area contributed by atoms with Crippen molar-refractivity contribution >= 4 is 41.8 Å². The molecule has 2 amide bonds. The highest BCUT2D eigenvalue weighted by molar-refractivity contribution is 7.59. The lowest BCUT2D eigenvalue weighted by Gasteiger charge is -2.18.